The molecule has 2 rings (SSSR count). The molecular formula is C16H23NO3. The molecule has 0 bridgehead atoms. The van der Waals surface area contributed by atoms with Crippen molar-refractivity contribution in [3.63, 3.8) is 0 Å². The minimum absolute atomic E-state index is 0.0205. The van der Waals surface area contributed by atoms with Gasteiger partial charge in [-0.1, -0.05) is 12.1 Å². The number of aliphatic hydroxyl groups is 1. The van der Waals surface area contributed by atoms with Gasteiger partial charge in [-0.15, -0.1) is 0 Å². The lowest BCUT2D eigenvalue weighted by Gasteiger charge is -2.34. The van der Waals surface area contributed by atoms with E-state index >= 15 is 0 Å². The molecule has 1 aromatic carbocycles. The van der Waals surface area contributed by atoms with Crippen LogP contribution in [0.4, 0.5) is 0 Å². The molecule has 1 aliphatic rings. The van der Waals surface area contributed by atoms with Crippen LogP contribution in [-0.4, -0.2) is 42.2 Å². The zero-order valence-corrected chi connectivity index (χ0v) is 12.0. The molecule has 1 aromatic rings. The number of hydrogen-bond acceptors (Lipinski definition) is 3. The fraction of sp³-hybridized carbons (Fsp3) is 0.562. The first-order valence-corrected chi connectivity index (χ1v) is 7.28. The van der Waals surface area contributed by atoms with Crippen LogP contribution in [0.15, 0.2) is 24.3 Å². The van der Waals surface area contributed by atoms with Crippen molar-refractivity contribution < 1.29 is 14.6 Å². The van der Waals surface area contributed by atoms with E-state index in [0.717, 1.165) is 43.5 Å². The van der Waals surface area contributed by atoms with Crippen molar-refractivity contribution in [3.8, 4) is 5.75 Å². The third-order valence-electron chi connectivity index (χ3n) is 3.94. The number of ether oxygens (including phenoxy) is 1. The largest absolute Gasteiger partial charge is 0.497 e. The lowest BCUT2D eigenvalue weighted by atomic mass is 10.0. The summed E-state index contributed by atoms with van der Waals surface area (Å²) in [6, 6.07) is 7.83. The molecule has 4 nitrogen and oxygen atoms in total. The summed E-state index contributed by atoms with van der Waals surface area (Å²) in [6.45, 7) is 0.862. The summed E-state index contributed by atoms with van der Waals surface area (Å²) in [5.74, 6) is 0.982. The van der Waals surface area contributed by atoms with E-state index in [2.05, 4.69) is 0 Å². The Labute approximate surface area is 120 Å². The molecule has 1 fully saturated rings. The highest BCUT2D eigenvalue weighted by atomic mass is 16.5. The lowest BCUT2D eigenvalue weighted by Crippen LogP contribution is -2.45. The number of carbonyl (C=O) groups excluding carboxylic acids is 1. The van der Waals surface area contributed by atoms with E-state index in [4.69, 9.17) is 4.74 Å². The molecule has 0 radical (unpaired) electrons. The Morgan fingerprint density at radius 2 is 2.10 bits per heavy atom. The van der Waals surface area contributed by atoms with Gasteiger partial charge in [-0.2, -0.15) is 0 Å². The highest BCUT2D eigenvalue weighted by Crippen LogP contribution is 2.19. The normalized spacial score (nSPS) is 18.9. The maximum absolute atomic E-state index is 12.3. The van der Waals surface area contributed by atoms with Gasteiger partial charge in [-0.05, 0) is 43.4 Å². The Morgan fingerprint density at radius 1 is 1.35 bits per heavy atom. The maximum Gasteiger partial charge on any atom is 0.223 e. The topological polar surface area (TPSA) is 49.8 Å². The van der Waals surface area contributed by atoms with Crippen molar-refractivity contribution >= 4 is 5.91 Å². The van der Waals surface area contributed by atoms with Gasteiger partial charge in [0, 0.05) is 13.0 Å². The summed E-state index contributed by atoms with van der Waals surface area (Å²) in [5, 5.41) is 9.35. The summed E-state index contributed by atoms with van der Waals surface area (Å²) in [7, 11) is 1.64. The number of piperidine rings is 1. The zero-order chi connectivity index (χ0) is 14.4. The highest BCUT2D eigenvalue weighted by molar-refractivity contribution is 5.77. The smallest absolute Gasteiger partial charge is 0.223 e. The van der Waals surface area contributed by atoms with Crippen LogP contribution in [-0.2, 0) is 11.2 Å². The molecule has 1 atom stereocenters. The van der Waals surface area contributed by atoms with E-state index in [1.165, 1.54) is 0 Å². The summed E-state index contributed by atoms with van der Waals surface area (Å²) < 4.78 is 5.12. The van der Waals surface area contributed by atoms with Gasteiger partial charge in [0.05, 0.1) is 19.8 Å². The molecule has 0 spiro atoms. The van der Waals surface area contributed by atoms with Gasteiger partial charge in [0.1, 0.15) is 5.75 Å². The number of nitrogens with zero attached hydrogens (tertiary/aromatic N) is 1. The third kappa shape index (κ3) is 3.73. The minimum Gasteiger partial charge on any atom is -0.497 e. The van der Waals surface area contributed by atoms with Crippen LogP contribution in [0.2, 0.25) is 0 Å². The lowest BCUT2D eigenvalue weighted by molar-refractivity contribution is -0.135. The van der Waals surface area contributed by atoms with E-state index in [0.29, 0.717) is 6.42 Å². The Balaban J connectivity index is 1.87. The van der Waals surface area contributed by atoms with E-state index in [1.54, 1.807) is 7.11 Å². The standard InChI is InChI=1S/C16H23NO3/c1-20-15-8-5-13(6-9-15)7-10-16(19)17-11-3-2-4-14(17)12-18/h5-6,8-9,14,18H,2-4,7,10-12H2,1H3. The van der Waals surface area contributed by atoms with Gasteiger partial charge in [-0.3, -0.25) is 4.79 Å². The van der Waals surface area contributed by atoms with Crippen LogP contribution in [0.5, 0.6) is 5.75 Å². The predicted molar refractivity (Wildman–Crippen MR) is 77.8 cm³/mol. The second-order valence-electron chi connectivity index (χ2n) is 5.27. The van der Waals surface area contributed by atoms with Gasteiger partial charge in [0.2, 0.25) is 5.91 Å². The Kier molecular flexibility index (Phi) is 5.41. The predicted octanol–water partition coefficient (Wildman–Crippen LogP) is 2.00. The van der Waals surface area contributed by atoms with E-state index in [-0.39, 0.29) is 18.6 Å². The van der Waals surface area contributed by atoms with Crippen molar-refractivity contribution in [2.24, 2.45) is 0 Å². The van der Waals surface area contributed by atoms with E-state index in [9.17, 15) is 9.90 Å². The summed E-state index contributed by atoms with van der Waals surface area (Å²) in [4.78, 5) is 14.1. The fourth-order valence-electron chi connectivity index (χ4n) is 2.71. The van der Waals surface area contributed by atoms with Crippen LogP contribution in [0, 0.1) is 0 Å². The summed E-state index contributed by atoms with van der Waals surface area (Å²) >= 11 is 0. The second-order valence-corrected chi connectivity index (χ2v) is 5.27. The molecule has 1 amide bonds. The van der Waals surface area contributed by atoms with Gasteiger partial charge in [0.15, 0.2) is 0 Å². The molecule has 4 heteroatoms. The Morgan fingerprint density at radius 3 is 2.75 bits per heavy atom. The second kappa shape index (κ2) is 7.29. The van der Waals surface area contributed by atoms with Crippen LogP contribution >= 0.6 is 0 Å². The van der Waals surface area contributed by atoms with Crippen LogP contribution in [0.3, 0.4) is 0 Å². The first-order chi connectivity index (χ1) is 9.74. The van der Waals surface area contributed by atoms with Gasteiger partial charge in [0.25, 0.3) is 0 Å². The number of aliphatic hydroxyl groups excluding tert-OH is 1. The number of methoxy groups -OCH3 is 1. The molecule has 0 saturated carbocycles. The molecule has 110 valence electrons. The maximum atomic E-state index is 12.3. The third-order valence-corrected chi connectivity index (χ3v) is 3.94. The fourth-order valence-corrected chi connectivity index (χ4v) is 2.71. The van der Waals surface area contributed by atoms with E-state index < -0.39 is 0 Å². The van der Waals surface area contributed by atoms with Crippen molar-refractivity contribution in [2.45, 2.75) is 38.1 Å². The summed E-state index contributed by atoms with van der Waals surface area (Å²) in [5.41, 5.74) is 1.14. The first kappa shape index (κ1) is 14.9. The molecule has 20 heavy (non-hydrogen) atoms. The Bertz CT molecular complexity index is 430. The number of amides is 1. The van der Waals surface area contributed by atoms with E-state index in [1.807, 2.05) is 29.2 Å². The molecular weight excluding hydrogens is 254 g/mol. The number of hydrogen-bond donors (Lipinski definition) is 1. The minimum atomic E-state index is 0.0205. The average Bonchev–Trinajstić information content (AvgIpc) is 2.53. The monoisotopic (exact) mass is 277 g/mol. The molecule has 1 unspecified atom stereocenters. The first-order valence-electron chi connectivity index (χ1n) is 7.28. The molecule has 1 N–H and O–H groups in total. The Hall–Kier alpha value is -1.55. The van der Waals surface area contributed by atoms with Gasteiger partial charge >= 0.3 is 0 Å². The highest BCUT2D eigenvalue weighted by Gasteiger charge is 2.25. The number of rotatable bonds is 5. The molecule has 1 heterocycles. The molecule has 1 saturated heterocycles. The van der Waals surface area contributed by atoms with Crippen molar-refractivity contribution in [2.75, 3.05) is 20.3 Å². The number of benzene rings is 1. The van der Waals surface area contributed by atoms with Crippen LogP contribution in [0.25, 0.3) is 0 Å². The van der Waals surface area contributed by atoms with Crippen LogP contribution < -0.4 is 4.74 Å². The van der Waals surface area contributed by atoms with Crippen molar-refractivity contribution in [1.82, 2.24) is 4.90 Å². The van der Waals surface area contributed by atoms with Gasteiger partial charge in [-0.25, -0.2) is 0 Å². The summed E-state index contributed by atoms with van der Waals surface area (Å²) in [6.07, 6.45) is 4.31. The van der Waals surface area contributed by atoms with Crippen LogP contribution in [0.1, 0.15) is 31.2 Å². The number of aryl methyl sites for hydroxylation is 1. The van der Waals surface area contributed by atoms with Crippen molar-refractivity contribution in [1.29, 1.82) is 0 Å². The number of carbonyl (C=O) groups is 1. The molecule has 0 aromatic heterocycles. The van der Waals surface area contributed by atoms with Crippen molar-refractivity contribution in [3.05, 3.63) is 29.8 Å². The quantitative estimate of drug-likeness (QED) is 0.895. The molecule has 0 aliphatic carbocycles. The SMILES string of the molecule is COc1ccc(CCC(=O)N2CCCCC2CO)cc1. The zero-order valence-electron chi connectivity index (χ0n) is 12.0. The number of likely N-dealkylation sites (tertiary alicyclic amines) is 1. The molecule has 1 aliphatic heterocycles. The average molecular weight is 277 g/mol. The van der Waals surface area contributed by atoms with Gasteiger partial charge < -0.3 is 14.7 Å².